The van der Waals surface area contributed by atoms with Crippen LogP contribution < -0.4 is 16.6 Å². The summed E-state index contributed by atoms with van der Waals surface area (Å²) in [4.78, 5) is 13.8. The van der Waals surface area contributed by atoms with Crippen LogP contribution in [0, 0.1) is 6.92 Å². The van der Waals surface area contributed by atoms with Crippen LogP contribution in [0.25, 0.3) is 0 Å². The molecule has 4 N–H and O–H groups in total. The lowest BCUT2D eigenvalue weighted by Gasteiger charge is -2.30. The number of piperidine rings is 1. The molecule has 0 atom stereocenters. The summed E-state index contributed by atoms with van der Waals surface area (Å²) in [6.45, 7) is 4.69. The van der Waals surface area contributed by atoms with Gasteiger partial charge < -0.3 is 9.73 Å². The molecule has 1 aliphatic heterocycles. The maximum Gasteiger partial charge on any atom is 0.301 e. The first-order valence-corrected chi connectivity index (χ1v) is 6.63. The van der Waals surface area contributed by atoms with E-state index in [1.165, 1.54) is 0 Å². The molecule has 19 heavy (non-hydrogen) atoms. The lowest BCUT2D eigenvalue weighted by atomic mass is 10.1. The third-order valence-electron chi connectivity index (χ3n) is 3.64. The maximum atomic E-state index is 11.5. The van der Waals surface area contributed by atoms with Gasteiger partial charge in [-0.05, 0) is 46.0 Å². The van der Waals surface area contributed by atoms with Gasteiger partial charge in [0.2, 0.25) is 0 Å². The Labute approximate surface area is 113 Å². The zero-order valence-electron chi connectivity index (χ0n) is 11.5. The average Bonchev–Trinajstić information content (AvgIpc) is 2.79. The van der Waals surface area contributed by atoms with Crippen LogP contribution in [0.5, 0.6) is 0 Å². The molecule has 1 aromatic heterocycles. The molecule has 2 rings (SSSR count). The Kier molecular flexibility index (Phi) is 4.57. The molecule has 6 nitrogen and oxygen atoms in total. The van der Waals surface area contributed by atoms with Gasteiger partial charge in [0.1, 0.15) is 5.76 Å². The molecular formula is C13H22N4O2. The molecule has 1 fully saturated rings. The van der Waals surface area contributed by atoms with Crippen LogP contribution in [0.15, 0.2) is 10.5 Å². The van der Waals surface area contributed by atoms with Crippen LogP contribution >= 0.6 is 0 Å². The summed E-state index contributed by atoms with van der Waals surface area (Å²) in [5.41, 5.74) is 2.91. The first kappa shape index (κ1) is 14.0. The van der Waals surface area contributed by atoms with Crippen molar-refractivity contribution in [3.8, 4) is 0 Å². The van der Waals surface area contributed by atoms with Crippen molar-refractivity contribution >= 4 is 5.91 Å². The topological polar surface area (TPSA) is 83.5 Å². The van der Waals surface area contributed by atoms with Crippen LogP contribution in [0.1, 0.15) is 34.7 Å². The van der Waals surface area contributed by atoms with E-state index < -0.39 is 0 Å². The van der Waals surface area contributed by atoms with Gasteiger partial charge in [0.25, 0.3) is 0 Å². The van der Waals surface area contributed by atoms with Gasteiger partial charge in [-0.3, -0.25) is 15.1 Å². The summed E-state index contributed by atoms with van der Waals surface area (Å²) in [7, 11) is 2.09. The van der Waals surface area contributed by atoms with Crippen molar-refractivity contribution in [3.63, 3.8) is 0 Å². The lowest BCUT2D eigenvalue weighted by Crippen LogP contribution is -2.40. The van der Waals surface area contributed by atoms with Gasteiger partial charge in [-0.1, -0.05) is 0 Å². The number of hydrogen-bond donors (Lipinski definition) is 3. The minimum atomic E-state index is -0.381. The van der Waals surface area contributed by atoms with E-state index in [0.717, 1.165) is 37.3 Å². The summed E-state index contributed by atoms with van der Waals surface area (Å²) in [6.07, 6.45) is 2.29. The normalized spacial score (nSPS) is 16.8. The number of hydrazine groups is 1. The van der Waals surface area contributed by atoms with E-state index >= 15 is 0 Å². The highest BCUT2D eigenvalue weighted by Crippen LogP contribution is 2.18. The number of carbonyl (C=O) groups excluding carboxylic acids is 1. The number of nitrogens with two attached hydrogens (primary N) is 1. The quantitative estimate of drug-likeness (QED) is 0.417. The Bertz CT molecular complexity index is 438. The summed E-state index contributed by atoms with van der Waals surface area (Å²) in [5.74, 6) is 5.85. The first-order valence-electron chi connectivity index (χ1n) is 6.63. The Balaban J connectivity index is 2.00. The SMILES string of the molecule is Cc1cc(CN(C)C2CCNCC2)oc1C(=O)NN. The van der Waals surface area contributed by atoms with Crippen LogP contribution in [-0.4, -0.2) is 37.0 Å². The van der Waals surface area contributed by atoms with Crippen molar-refractivity contribution in [2.24, 2.45) is 5.84 Å². The molecule has 1 aliphatic rings. The van der Waals surface area contributed by atoms with Gasteiger partial charge in [-0.2, -0.15) is 0 Å². The summed E-state index contributed by atoms with van der Waals surface area (Å²) < 4.78 is 5.58. The van der Waals surface area contributed by atoms with Gasteiger partial charge >= 0.3 is 5.91 Å². The first-order chi connectivity index (χ1) is 9.11. The second-order valence-electron chi connectivity index (χ2n) is 5.09. The number of nitrogens with one attached hydrogen (secondary N) is 2. The van der Waals surface area contributed by atoms with E-state index in [1.807, 2.05) is 13.0 Å². The molecule has 6 heteroatoms. The van der Waals surface area contributed by atoms with Crippen LogP contribution in [0.3, 0.4) is 0 Å². The summed E-state index contributed by atoms with van der Waals surface area (Å²) >= 11 is 0. The highest BCUT2D eigenvalue weighted by molar-refractivity contribution is 5.92. The smallest absolute Gasteiger partial charge is 0.301 e. The molecule has 1 amide bonds. The highest BCUT2D eigenvalue weighted by Gasteiger charge is 2.20. The number of rotatable bonds is 4. The van der Waals surface area contributed by atoms with E-state index in [9.17, 15) is 4.79 Å². The monoisotopic (exact) mass is 266 g/mol. The molecule has 0 spiro atoms. The zero-order chi connectivity index (χ0) is 13.8. The van der Waals surface area contributed by atoms with Crippen LogP contribution in [-0.2, 0) is 6.54 Å². The minimum Gasteiger partial charge on any atom is -0.454 e. The van der Waals surface area contributed by atoms with E-state index in [1.54, 1.807) is 0 Å². The van der Waals surface area contributed by atoms with Crippen LogP contribution in [0.2, 0.25) is 0 Å². The van der Waals surface area contributed by atoms with Crippen molar-refractivity contribution in [3.05, 3.63) is 23.2 Å². The third kappa shape index (κ3) is 3.34. The summed E-state index contributed by atoms with van der Waals surface area (Å²) in [6, 6.07) is 2.47. The van der Waals surface area contributed by atoms with E-state index in [2.05, 4.69) is 22.7 Å². The molecule has 0 unspecified atom stereocenters. The average molecular weight is 266 g/mol. The fourth-order valence-corrected chi connectivity index (χ4v) is 2.54. The lowest BCUT2D eigenvalue weighted by molar-refractivity contribution is 0.0920. The standard InChI is InChI=1S/C13H22N4O2/c1-9-7-11(19-12(9)13(18)16-14)8-17(2)10-3-5-15-6-4-10/h7,10,15H,3-6,8,14H2,1-2H3,(H,16,18). The number of nitrogen functional groups attached to an aromatic ring is 1. The number of aryl methyl sites for hydroxylation is 1. The van der Waals surface area contributed by atoms with Gasteiger partial charge in [0.15, 0.2) is 5.76 Å². The van der Waals surface area contributed by atoms with E-state index in [0.29, 0.717) is 18.3 Å². The van der Waals surface area contributed by atoms with Crippen LogP contribution in [0.4, 0.5) is 0 Å². The number of carbonyl (C=O) groups is 1. The van der Waals surface area contributed by atoms with E-state index in [4.69, 9.17) is 10.3 Å². The molecule has 106 valence electrons. The van der Waals surface area contributed by atoms with Gasteiger partial charge in [-0.25, -0.2) is 5.84 Å². The third-order valence-corrected chi connectivity index (χ3v) is 3.64. The summed E-state index contributed by atoms with van der Waals surface area (Å²) in [5, 5.41) is 3.35. The van der Waals surface area contributed by atoms with Crippen molar-refractivity contribution in [2.75, 3.05) is 20.1 Å². The Morgan fingerprint density at radius 3 is 2.89 bits per heavy atom. The molecule has 0 saturated carbocycles. The van der Waals surface area contributed by atoms with Gasteiger partial charge in [0, 0.05) is 11.6 Å². The maximum absolute atomic E-state index is 11.5. The van der Waals surface area contributed by atoms with Gasteiger partial charge in [-0.15, -0.1) is 0 Å². The molecular weight excluding hydrogens is 244 g/mol. The molecule has 0 aromatic carbocycles. The molecule has 0 aliphatic carbocycles. The number of amides is 1. The van der Waals surface area contributed by atoms with Crippen molar-refractivity contribution in [2.45, 2.75) is 32.4 Å². The molecule has 1 saturated heterocycles. The Hall–Kier alpha value is -1.37. The molecule has 0 radical (unpaired) electrons. The fraction of sp³-hybridized carbons (Fsp3) is 0.615. The molecule has 0 bridgehead atoms. The minimum absolute atomic E-state index is 0.302. The van der Waals surface area contributed by atoms with Gasteiger partial charge in [0.05, 0.1) is 6.54 Å². The zero-order valence-corrected chi connectivity index (χ0v) is 11.5. The molecule has 2 heterocycles. The predicted molar refractivity (Wildman–Crippen MR) is 72.5 cm³/mol. The number of furan rings is 1. The molecule has 1 aromatic rings. The second kappa shape index (κ2) is 6.18. The Morgan fingerprint density at radius 2 is 2.26 bits per heavy atom. The van der Waals surface area contributed by atoms with Crippen molar-refractivity contribution < 1.29 is 9.21 Å². The predicted octanol–water partition coefficient (Wildman–Crippen LogP) is 0.375. The number of nitrogens with zero attached hydrogens (tertiary/aromatic N) is 1. The number of hydrogen-bond acceptors (Lipinski definition) is 5. The largest absolute Gasteiger partial charge is 0.454 e. The highest BCUT2D eigenvalue weighted by atomic mass is 16.4. The van der Waals surface area contributed by atoms with Crippen molar-refractivity contribution in [1.29, 1.82) is 0 Å². The van der Waals surface area contributed by atoms with Crippen molar-refractivity contribution in [1.82, 2.24) is 15.6 Å². The fourth-order valence-electron chi connectivity index (χ4n) is 2.54. The van der Waals surface area contributed by atoms with E-state index in [-0.39, 0.29) is 5.91 Å². The Morgan fingerprint density at radius 1 is 1.58 bits per heavy atom. The second-order valence-corrected chi connectivity index (χ2v) is 5.09.